The summed E-state index contributed by atoms with van der Waals surface area (Å²) in [5, 5.41) is 0. The van der Waals surface area contributed by atoms with Gasteiger partial charge in [0.05, 0.1) is 6.04 Å². The number of hydrogen-bond acceptors (Lipinski definition) is 1. The molecule has 0 spiro atoms. The Bertz CT molecular complexity index is 619. The van der Waals surface area contributed by atoms with Crippen molar-refractivity contribution in [3.8, 4) is 0 Å². The van der Waals surface area contributed by atoms with Crippen LogP contribution in [0.2, 0.25) is 0 Å². The van der Waals surface area contributed by atoms with Gasteiger partial charge in [-0.1, -0.05) is 72.8 Å². The smallest absolute Gasteiger partial charge is 0.223 e. The van der Waals surface area contributed by atoms with Crippen LogP contribution in [0.15, 0.2) is 66.7 Å². The highest BCUT2D eigenvalue weighted by atomic mass is 16.2. The zero-order valence-electron chi connectivity index (χ0n) is 12.0. The number of nitrogens with zero attached hydrogens (tertiary/aromatic N) is 1. The van der Waals surface area contributed by atoms with Gasteiger partial charge in [-0.3, -0.25) is 4.79 Å². The number of carbonyl (C=O) groups excluding carboxylic acids is 1. The second-order valence-corrected chi connectivity index (χ2v) is 5.32. The number of hydrogen-bond donors (Lipinski definition) is 0. The molecular formula is C19H19NO. The van der Waals surface area contributed by atoms with Crippen molar-refractivity contribution in [1.29, 1.82) is 0 Å². The highest BCUT2D eigenvalue weighted by molar-refractivity contribution is 5.79. The van der Waals surface area contributed by atoms with E-state index in [1.165, 1.54) is 5.56 Å². The maximum Gasteiger partial charge on any atom is 0.223 e. The Labute approximate surface area is 125 Å². The lowest BCUT2D eigenvalue weighted by atomic mass is 10.0. The molecule has 1 atom stereocenters. The predicted octanol–water partition coefficient (Wildman–Crippen LogP) is 4.06. The van der Waals surface area contributed by atoms with E-state index in [0.29, 0.717) is 6.42 Å². The first-order chi connectivity index (χ1) is 10.3. The van der Waals surface area contributed by atoms with Gasteiger partial charge in [-0.25, -0.2) is 0 Å². The molecule has 1 heterocycles. The quantitative estimate of drug-likeness (QED) is 0.825. The van der Waals surface area contributed by atoms with Crippen LogP contribution in [0.5, 0.6) is 0 Å². The molecule has 2 nitrogen and oxygen atoms in total. The molecule has 3 rings (SSSR count). The Morgan fingerprint density at radius 1 is 0.952 bits per heavy atom. The summed E-state index contributed by atoms with van der Waals surface area (Å²) in [6.45, 7) is 0.845. The Morgan fingerprint density at radius 2 is 1.62 bits per heavy atom. The van der Waals surface area contributed by atoms with Gasteiger partial charge in [0.25, 0.3) is 0 Å². The molecule has 1 fully saturated rings. The normalized spacial score (nSPS) is 16.6. The zero-order valence-corrected chi connectivity index (χ0v) is 12.0. The molecule has 1 unspecified atom stereocenters. The molecule has 2 aromatic carbocycles. The van der Waals surface area contributed by atoms with Gasteiger partial charge in [-0.2, -0.15) is 0 Å². The summed E-state index contributed by atoms with van der Waals surface area (Å²) in [6.07, 6.45) is 5.86. The average molecular weight is 277 g/mol. The zero-order chi connectivity index (χ0) is 14.5. The topological polar surface area (TPSA) is 20.3 Å². The molecule has 1 aliphatic rings. The first-order valence-electron chi connectivity index (χ1n) is 7.42. The van der Waals surface area contributed by atoms with Gasteiger partial charge in [0, 0.05) is 13.0 Å². The number of rotatable bonds is 4. The van der Waals surface area contributed by atoms with Crippen LogP contribution in [0, 0.1) is 0 Å². The van der Waals surface area contributed by atoms with E-state index < -0.39 is 0 Å². The summed E-state index contributed by atoms with van der Waals surface area (Å²) >= 11 is 0. The summed E-state index contributed by atoms with van der Waals surface area (Å²) < 4.78 is 0. The minimum absolute atomic E-state index is 0.0291. The van der Waals surface area contributed by atoms with E-state index >= 15 is 0 Å². The van der Waals surface area contributed by atoms with E-state index in [-0.39, 0.29) is 11.9 Å². The number of amides is 1. The molecule has 0 aromatic heterocycles. The van der Waals surface area contributed by atoms with Gasteiger partial charge in [0.15, 0.2) is 0 Å². The van der Waals surface area contributed by atoms with Gasteiger partial charge in [0.2, 0.25) is 5.91 Å². The lowest BCUT2D eigenvalue weighted by Crippen LogP contribution is -2.28. The molecule has 1 amide bonds. The van der Waals surface area contributed by atoms with E-state index in [0.717, 1.165) is 18.5 Å². The van der Waals surface area contributed by atoms with Crippen LogP contribution in [-0.2, 0) is 4.79 Å². The number of likely N-dealkylation sites (tertiary alicyclic amines) is 1. The van der Waals surface area contributed by atoms with Crippen molar-refractivity contribution in [1.82, 2.24) is 4.90 Å². The van der Waals surface area contributed by atoms with Crippen LogP contribution >= 0.6 is 0 Å². The van der Waals surface area contributed by atoms with E-state index in [2.05, 4.69) is 36.4 Å². The Kier molecular flexibility index (Phi) is 4.15. The van der Waals surface area contributed by atoms with Crippen molar-refractivity contribution in [2.75, 3.05) is 6.54 Å². The van der Waals surface area contributed by atoms with Gasteiger partial charge >= 0.3 is 0 Å². The molecule has 0 bridgehead atoms. The van der Waals surface area contributed by atoms with Crippen LogP contribution in [0.4, 0.5) is 0 Å². The maximum atomic E-state index is 12.1. The third-order valence-corrected chi connectivity index (χ3v) is 3.86. The van der Waals surface area contributed by atoms with Gasteiger partial charge in [0.1, 0.15) is 0 Å². The van der Waals surface area contributed by atoms with Crippen molar-refractivity contribution in [3.05, 3.63) is 77.9 Å². The van der Waals surface area contributed by atoms with Crippen molar-refractivity contribution >= 4 is 12.0 Å². The predicted molar refractivity (Wildman–Crippen MR) is 85.6 cm³/mol. The summed E-state index contributed by atoms with van der Waals surface area (Å²) in [6, 6.07) is 20.5. The number of benzene rings is 2. The molecule has 0 N–H and O–H groups in total. The third kappa shape index (κ3) is 3.22. The fourth-order valence-electron chi connectivity index (χ4n) is 2.77. The van der Waals surface area contributed by atoms with Crippen LogP contribution in [0.1, 0.15) is 30.0 Å². The van der Waals surface area contributed by atoms with Gasteiger partial charge < -0.3 is 4.90 Å². The summed E-state index contributed by atoms with van der Waals surface area (Å²) in [5.74, 6) is 0.251. The van der Waals surface area contributed by atoms with E-state index in [4.69, 9.17) is 0 Å². The minimum Gasteiger partial charge on any atom is -0.332 e. The first-order valence-corrected chi connectivity index (χ1v) is 7.42. The lowest BCUT2D eigenvalue weighted by molar-refractivity contribution is -0.129. The Hall–Kier alpha value is -2.35. The largest absolute Gasteiger partial charge is 0.332 e. The molecule has 0 aliphatic carbocycles. The van der Waals surface area contributed by atoms with Crippen LogP contribution in [-0.4, -0.2) is 17.4 Å². The summed E-state index contributed by atoms with van der Waals surface area (Å²) in [4.78, 5) is 14.1. The van der Waals surface area contributed by atoms with Crippen LogP contribution in [0.3, 0.4) is 0 Å². The molecule has 1 aliphatic heterocycles. The lowest BCUT2D eigenvalue weighted by Gasteiger charge is -2.25. The minimum atomic E-state index is 0.0291. The van der Waals surface area contributed by atoms with E-state index in [1.807, 2.05) is 41.3 Å². The van der Waals surface area contributed by atoms with Crippen molar-refractivity contribution in [2.24, 2.45) is 0 Å². The molecule has 21 heavy (non-hydrogen) atoms. The molecular weight excluding hydrogens is 258 g/mol. The molecule has 106 valence electrons. The van der Waals surface area contributed by atoms with Crippen LogP contribution in [0.25, 0.3) is 6.08 Å². The molecule has 2 heteroatoms. The molecule has 2 aromatic rings. The van der Waals surface area contributed by atoms with Crippen molar-refractivity contribution in [2.45, 2.75) is 18.9 Å². The molecule has 1 saturated heterocycles. The SMILES string of the molecule is O=C1CCCN1C(/C=C/c1ccccc1)c1ccccc1. The summed E-state index contributed by atoms with van der Waals surface area (Å²) in [5.41, 5.74) is 2.32. The maximum absolute atomic E-state index is 12.1. The number of carbonyl (C=O) groups is 1. The Morgan fingerprint density at radius 3 is 2.24 bits per heavy atom. The van der Waals surface area contributed by atoms with Crippen molar-refractivity contribution < 1.29 is 4.79 Å². The second kappa shape index (κ2) is 6.40. The van der Waals surface area contributed by atoms with Gasteiger partial charge in [-0.05, 0) is 17.5 Å². The van der Waals surface area contributed by atoms with E-state index in [1.54, 1.807) is 0 Å². The average Bonchev–Trinajstić information content (AvgIpc) is 2.96. The first kappa shape index (κ1) is 13.6. The highest BCUT2D eigenvalue weighted by Gasteiger charge is 2.27. The third-order valence-electron chi connectivity index (χ3n) is 3.86. The standard InChI is InChI=1S/C19H19NO/c21-19-12-7-15-20(19)18(17-10-5-2-6-11-17)14-13-16-8-3-1-4-9-16/h1-6,8-11,13-14,18H,7,12,15H2/b14-13+. The molecule has 0 saturated carbocycles. The monoisotopic (exact) mass is 277 g/mol. The summed E-state index contributed by atoms with van der Waals surface area (Å²) in [7, 11) is 0. The van der Waals surface area contributed by atoms with Crippen molar-refractivity contribution in [3.63, 3.8) is 0 Å². The van der Waals surface area contributed by atoms with Gasteiger partial charge in [-0.15, -0.1) is 0 Å². The fraction of sp³-hybridized carbons (Fsp3) is 0.211. The van der Waals surface area contributed by atoms with Crippen LogP contribution < -0.4 is 0 Å². The highest BCUT2D eigenvalue weighted by Crippen LogP contribution is 2.27. The second-order valence-electron chi connectivity index (χ2n) is 5.32. The fourth-order valence-corrected chi connectivity index (χ4v) is 2.77. The molecule has 0 radical (unpaired) electrons. The Balaban J connectivity index is 1.89. The van der Waals surface area contributed by atoms with E-state index in [9.17, 15) is 4.79 Å².